The first-order valence-corrected chi connectivity index (χ1v) is 5.15. The molecule has 3 rings (SSSR count). The predicted molar refractivity (Wildman–Crippen MR) is 62.2 cm³/mol. The Morgan fingerprint density at radius 1 is 1.12 bits per heavy atom. The van der Waals surface area contributed by atoms with Gasteiger partial charge >= 0.3 is 0 Å². The van der Waals surface area contributed by atoms with Crippen LogP contribution in [0.4, 0.5) is 5.82 Å². The standard InChI is InChI=1S/C11H10N6/c12-10-9-11(15-6-14-9)17(7-16-10)5-8-1-3-13-4-2-8/h1-4,6-7H,5,12H2. The third-order valence-corrected chi connectivity index (χ3v) is 2.53. The fourth-order valence-corrected chi connectivity index (χ4v) is 1.70. The molecule has 0 saturated heterocycles. The number of hydrogen-bond acceptors (Lipinski definition) is 5. The fourth-order valence-electron chi connectivity index (χ4n) is 1.70. The lowest BCUT2D eigenvalue weighted by Gasteiger charge is -2.10. The van der Waals surface area contributed by atoms with E-state index in [0.717, 1.165) is 11.4 Å². The Balaban J connectivity index is 2.02. The predicted octanol–water partition coefficient (Wildman–Crippen LogP) is 0.803. The van der Waals surface area contributed by atoms with Gasteiger partial charge in [0, 0.05) is 12.4 Å². The van der Waals surface area contributed by atoms with E-state index in [1.165, 1.54) is 6.33 Å². The molecule has 0 aliphatic carbocycles. The van der Waals surface area contributed by atoms with Crippen LogP contribution >= 0.6 is 0 Å². The van der Waals surface area contributed by atoms with Gasteiger partial charge in [0.15, 0.2) is 11.6 Å². The smallest absolute Gasteiger partial charge is 0.165 e. The molecule has 1 aromatic heterocycles. The molecule has 0 aromatic carbocycles. The molecule has 2 N–H and O–H groups in total. The van der Waals surface area contributed by atoms with Gasteiger partial charge in [-0.05, 0) is 17.7 Å². The number of aromatic nitrogens is 5. The van der Waals surface area contributed by atoms with Crippen molar-refractivity contribution in [1.82, 2.24) is 24.5 Å². The minimum atomic E-state index is 0.406. The Hall–Kier alpha value is -2.50. The van der Waals surface area contributed by atoms with Crippen LogP contribution in [-0.2, 0) is 6.54 Å². The van der Waals surface area contributed by atoms with E-state index < -0.39 is 0 Å². The minimum absolute atomic E-state index is 0.406. The molecular formula is C11H10N6. The normalized spacial score (nSPS) is 10.8. The van der Waals surface area contributed by atoms with E-state index in [4.69, 9.17) is 5.73 Å². The molecule has 0 saturated carbocycles. The van der Waals surface area contributed by atoms with Crippen LogP contribution in [0.1, 0.15) is 5.56 Å². The van der Waals surface area contributed by atoms with Crippen molar-refractivity contribution in [2.75, 3.05) is 5.73 Å². The average molecular weight is 226 g/mol. The number of nitrogens with two attached hydrogens (primary N) is 1. The average Bonchev–Trinajstić information content (AvgIpc) is 2.84. The Labute approximate surface area is 97.5 Å². The van der Waals surface area contributed by atoms with Gasteiger partial charge in [-0.25, -0.2) is 15.0 Å². The van der Waals surface area contributed by atoms with E-state index >= 15 is 0 Å². The summed E-state index contributed by atoms with van der Waals surface area (Å²) in [6.45, 7) is 0.672. The number of nitrogen functional groups attached to an aromatic ring is 1. The molecule has 0 fully saturated rings. The van der Waals surface area contributed by atoms with Gasteiger partial charge in [0.05, 0.1) is 12.9 Å². The van der Waals surface area contributed by atoms with Gasteiger partial charge in [-0.2, -0.15) is 0 Å². The van der Waals surface area contributed by atoms with E-state index in [-0.39, 0.29) is 0 Å². The molecule has 6 heteroatoms. The van der Waals surface area contributed by atoms with Gasteiger partial charge in [-0.1, -0.05) is 0 Å². The van der Waals surface area contributed by atoms with E-state index in [1.807, 2.05) is 16.7 Å². The second kappa shape index (κ2) is 3.82. The van der Waals surface area contributed by atoms with Crippen LogP contribution in [-0.4, -0.2) is 24.5 Å². The lowest BCUT2D eigenvalue weighted by atomic mass is 10.2. The maximum absolute atomic E-state index is 5.73. The van der Waals surface area contributed by atoms with Crippen LogP contribution in [0.25, 0.3) is 11.5 Å². The Morgan fingerprint density at radius 3 is 2.76 bits per heavy atom. The van der Waals surface area contributed by atoms with Crippen LogP contribution in [0.5, 0.6) is 0 Å². The number of anilines is 1. The molecule has 17 heavy (non-hydrogen) atoms. The highest BCUT2D eigenvalue weighted by Gasteiger charge is 2.14. The van der Waals surface area contributed by atoms with Crippen molar-refractivity contribution in [1.29, 1.82) is 0 Å². The second-order valence-electron chi connectivity index (χ2n) is 3.66. The van der Waals surface area contributed by atoms with Crippen molar-refractivity contribution in [2.24, 2.45) is 0 Å². The molecule has 0 unspecified atom stereocenters. The van der Waals surface area contributed by atoms with Crippen LogP contribution in [0.2, 0.25) is 0 Å². The van der Waals surface area contributed by atoms with Crippen LogP contribution in [0.15, 0.2) is 37.2 Å². The van der Waals surface area contributed by atoms with Gasteiger partial charge in [-0.15, -0.1) is 0 Å². The molecule has 6 nitrogen and oxygen atoms in total. The summed E-state index contributed by atoms with van der Waals surface area (Å²) in [7, 11) is 0. The zero-order valence-corrected chi connectivity index (χ0v) is 8.98. The maximum Gasteiger partial charge on any atom is 0.165 e. The Kier molecular flexibility index (Phi) is 2.18. The highest BCUT2D eigenvalue weighted by atomic mass is 15.1. The van der Waals surface area contributed by atoms with E-state index in [9.17, 15) is 0 Å². The fraction of sp³-hybridized carbons (Fsp3) is 0.0909. The summed E-state index contributed by atoms with van der Waals surface area (Å²) in [6.07, 6.45) is 6.68. The number of imidazole rings is 1. The first-order valence-electron chi connectivity index (χ1n) is 5.15. The van der Waals surface area contributed by atoms with Crippen LogP contribution in [0.3, 0.4) is 0 Å². The molecule has 1 aromatic rings. The van der Waals surface area contributed by atoms with Crippen molar-refractivity contribution in [3.8, 4) is 11.5 Å². The molecule has 2 aliphatic rings. The third-order valence-electron chi connectivity index (χ3n) is 2.53. The quantitative estimate of drug-likeness (QED) is 0.699. The summed E-state index contributed by atoms with van der Waals surface area (Å²) in [5.41, 5.74) is 7.49. The topological polar surface area (TPSA) is 82.5 Å². The molecule has 0 bridgehead atoms. The summed E-state index contributed by atoms with van der Waals surface area (Å²) in [6, 6.07) is 3.90. The summed E-state index contributed by atoms with van der Waals surface area (Å²) in [5.74, 6) is 1.15. The number of nitrogens with zero attached hydrogens (tertiary/aromatic N) is 5. The summed E-state index contributed by atoms with van der Waals surface area (Å²) < 4.78 is 1.91. The van der Waals surface area contributed by atoms with Gasteiger partial charge in [0.1, 0.15) is 12.0 Å². The molecule has 84 valence electrons. The number of hydrogen-bond donors (Lipinski definition) is 1. The monoisotopic (exact) mass is 226 g/mol. The number of pyridine rings is 1. The molecule has 0 radical (unpaired) electrons. The van der Waals surface area contributed by atoms with Crippen molar-refractivity contribution < 1.29 is 0 Å². The third kappa shape index (κ3) is 1.69. The first kappa shape index (κ1) is 9.71. The molecule has 0 amide bonds. The van der Waals surface area contributed by atoms with Crippen molar-refractivity contribution in [3.63, 3.8) is 0 Å². The lowest BCUT2D eigenvalue weighted by molar-refractivity contribution is 0.761. The summed E-state index contributed by atoms with van der Waals surface area (Å²) in [5, 5.41) is 0. The second-order valence-corrected chi connectivity index (χ2v) is 3.66. The van der Waals surface area contributed by atoms with E-state index in [2.05, 4.69) is 19.9 Å². The number of fused-ring (bicyclic) bond motifs is 1. The Bertz CT molecular complexity index is 603. The summed E-state index contributed by atoms with van der Waals surface area (Å²) >= 11 is 0. The van der Waals surface area contributed by atoms with Gasteiger partial charge in [0.2, 0.25) is 0 Å². The highest BCUT2D eigenvalue weighted by Crippen LogP contribution is 2.21. The van der Waals surface area contributed by atoms with Crippen LogP contribution in [0, 0.1) is 0 Å². The molecular weight excluding hydrogens is 216 g/mol. The van der Waals surface area contributed by atoms with E-state index in [0.29, 0.717) is 18.1 Å². The number of rotatable bonds is 2. The molecule has 3 heterocycles. The maximum atomic E-state index is 5.73. The lowest BCUT2D eigenvalue weighted by Crippen LogP contribution is -2.09. The van der Waals surface area contributed by atoms with E-state index in [1.54, 1.807) is 18.7 Å². The van der Waals surface area contributed by atoms with Gasteiger partial charge in [-0.3, -0.25) is 4.98 Å². The molecule has 0 atom stereocenters. The molecule has 2 aliphatic heterocycles. The SMILES string of the molecule is Nc1ncn(Cc2ccncc2)c2ncnc1-2. The van der Waals surface area contributed by atoms with Crippen molar-refractivity contribution in [2.45, 2.75) is 6.54 Å². The zero-order valence-electron chi connectivity index (χ0n) is 8.98. The van der Waals surface area contributed by atoms with Crippen LogP contribution < -0.4 is 5.73 Å². The molecule has 0 spiro atoms. The Morgan fingerprint density at radius 2 is 1.94 bits per heavy atom. The minimum Gasteiger partial charge on any atom is -0.382 e. The highest BCUT2D eigenvalue weighted by molar-refractivity contribution is 5.64. The zero-order chi connectivity index (χ0) is 11.7. The van der Waals surface area contributed by atoms with Crippen molar-refractivity contribution in [3.05, 3.63) is 42.7 Å². The van der Waals surface area contributed by atoms with Gasteiger partial charge < -0.3 is 10.3 Å². The summed E-state index contributed by atoms with van der Waals surface area (Å²) in [4.78, 5) is 16.4. The van der Waals surface area contributed by atoms with Gasteiger partial charge in [0.25, 0.3) is 0 Å². The largest absolute Gasteiger partial charge is 0.382 e. The first-order chi connectivity index (χ1) is 8.34. The van der Waals surface area contributed by atoms with Crippen molar-refractivity contribution >= 4 is 5.82 Å².